The number of rotatable bonds is 2. The van der Waals surface area contributed by atoms with Crippen LogP contribution in [0.25, 0.3) is 0 Å². The molecule has 14 heavy (non-hydrogen) atoms. The summed E-state index contributed by atoms with van der Waals surface area (Å²) >= 11 is 3.03. The summed E-state index contributed by atoms with van der Waals surface area (Å²) in [6, 6.07) is 6.01. The first-order chi connectivity index (χ1) is 6.56. The summed E-state index contributed by atoms with van der Waals surface area (Å²) in [6.07, 6.45) is 0. The fourth-order valence-electron chi connectivity index (χ4n) is 0.884. The number of aliphatic carboxylic acids is 1. The summed E-state index contributed by atoms with van der Waals surface area (Å²) in [5.41, 5.74) is 0.231. The molecule has 1 N–H and O–H groups in total. The van der Waals surface area contributed by atoms with Gasteiger partial charge in [-0.3, -0.25) is 4.79 Å². The number of carboxylic acids is 1. The summed E-state index contributed by atoms with van der Waals surface area (Å²) < 4.78 is 0.365. The lowest BCUT2D eigenvalue weighted by atomic mass is 10.1. The highest BCUT2D eigenvalue weighted by molar-refractivity contribution is 9.10. The van der Waals surface area contributed by atoms with Crippen LogP contribution >= 0.6 is 15.9 Å². The van der Waals surface area contributed by atoms with E-state index in [1.54, 1.807) is 0 Å². The summed E-state index contributed by atoms with van der Waals surface area (Å²) in [5.74, 6) is -2.57. The van der Waals surface area contributed by atoms with Gasteiger partial charge in [0.25, 0.3) is 5.78 Å². The number of hydrogen-bond donors (Lipinski definition) is 1. The number of hydrogen-bond acceptors (Lipinski definition) is 3. The zero-order valence-electron chi connectivity index (χ0n) is 6.82. The number of carboxylic acid groups (broad SMARTS) is 1. The van der Waals surface area contributed by atoms with Gasteiger partial charge < -0.3 is 5.11 Å². The lowest BCUT2D eigenvalue weighted by molar-refractivity contribution is -0.131. The van der Waals surface area contributed by atoms with Crippen LogP contribution in [0.5, 0.6) is 0 Å². The van der Waals surface area contributed by atoms with E-state index in [0.717, 1.165) is 0 Å². The van der Waals surface area contributed by atoms with Crippen molar-refractivity contribution in [2.75, 3.05) is 0 Å². The van der Waals surface area contributed by atoms with Crippen LogP contribution in [-0.2, 0) is 4.79 Å². The van der Waals surface area contributed by atoms with Gasteiger partial charge in [-0.15, -0.1) is 0 Å². The molecule has 5 heteroatoms. The molecule has 1 aromatic carbocycles. The standard InChI is InChI=1S/C9H4BrNO3/c10-7-2-1-5(4-11)3-6(7)8(12)9(13)14/h1-3H,(H,13,14). The van der Waals surface area contributed by atoms with Crippen LogP contribution < -0.4 is 0 Å². The number of halogens is 1. The third-order valence-corrected chi connectivity index (χ3v) is 2.23. The lowest BCUT2D eigenvalue weighted by Gasteiger charge is -1.99. The third-order valence-electron chi connectivity index (χ3n) is 1.53. The first-order valence-electron chi connectivity index (χ1n) is 3.53. The minimum Gasteiger partial charge on any atom is -0.475 e. The Kier molecular flexibility index (Phi) is 2.99. The molecular formula is C9H4BrNO3. The Balaban J connectivity index is 3.27. The van der Waals surface area contributed by atoms with Crippen LogP contribution in [0.3, 0.4) is 0 Å². The van der Waals surface area contributed by atoms with Gasteiger partial charge in [0, 0.05) is 10.0 Å². The molecule has 0 saturated carbocycles. The van der Waals surface area contributed by atoms with Crippen molar-refractivity contribution < 1.29 is 14.7 Å². The van der Waals surface area contributed by atoms with Crippen LogP contribution in [-0.4, -0.2) is 16.9 Å². The fraction of sp³-hybridized carbons (Fsp3) is 0. The molecule has 0 spiro atoms. The zero-order valence-corrected chi connectivity index (χ0v) is 8.41. The Morgan fingerprint density at radius 1 is 1.43 bits per heavy atom. The highest BCUT2D eigenvalue weighted by Gasteiger charge is 2.17. The van der Waals surface area contributed by atoms with E-state index in [4.69, 9.17) is 10.4 Å². The number of carbonyl (C=O) groups excluding carboxylic acids is 1. The number of nitriles is 1. The zero-order chi connectivity index (χ0) is 10.7. The minimum absolute atomic E-state index is 0.0171. The van der Waals surface area contributed by atoms with Crippen LogP contribution in [0.2, 0.25) is 0 Å². The molecule has 0 radical (unpaired) electrons. The van der Waals surface area contributed by atoms with Crippen molar-refractivity contribution in [1.29, 1.82) is 5.26 Å². The monoisotopic (exact) mass is 253 g/mol. The molecule has 0 amide bonds. The van der Waals surface area contributed by atoms with E-state index in [0.29, 0.717) is 4.47 Å². The van der Waals surface area contributed by atoms with Crippen molar-refractivity contribution in [2.45, 2.75) is 0 Å². The van der Waals surface area contributed by atoms with Gasteiger partial charge in [0.15, 0.2) is 0 Å². The van der Waals surface area contributed by atoms with E-state index in [-0.39, 0.29) is 11.1 Å². The van der Waals surface area contributed by atoms with Crippen molar-refractivity contribution in [2.24, 2.45) is 0 Å². The Bertz CT molecular complexity index is 448. The quantitative estimate of drug-likeness (QED) is 0.642. The van der Waals surface area contributed by atoms with Crippen molar-refractivity contribution in [3.63, 3.8) is 0 Å². The Labute approximate surface area is 87.9 Å². The average Bonchev–Trinajstić information content (AvgIpc) is 2.17. The normalized spacial score (nSPS) is 9.14. The number of Topliss-reactive ketones (excluding diaryl/α,β-unsaturated/α-hetero) is 1. The maximum atomic E-state index is 11.1. The molecule has 0 aliphatic heterocycles. The highest BCUT2D eigenvalue weighted by Crippen LogP contribution is 2.18. The maximum Gasteiger partial charge on any atom is 0.377 e. The van der Waals surface area contributed by atoms with Crippen LogP contribution in [0.15, 0.2) is 22.7 Å². The largest absolute Gasteiger partial charge is 0.475 e. The van der Waals surface area contributed by atoms with Crippen LogP contribution in [0, 0.1) is 11.3 Å². The lowest BCUT2D eigenvalue weighted by Crippen LogP contribution is -2.13. The predicted octanol–water partition coefficient (Wildman–Crippen LogP) is 1.59. The number of carbonyl (C=O) groups is 2. The van der Waals surface area contributed by atoms with Gasteiger partial charge in [0.1, 0.15) is 0 Å². The van der Waals surface area contributed by atoms with Gasteiger partial charge in [-0.1, -0.05) is 15.9 Å². The van der Waals surface area contributed by atoms with E-state index < -0.39 is 11.8 Å². The van der Waals surface area contributed by atoms with Crippen LogP contribution in [0.1, 0.15) is 15.9 Å². The van der Waals surface area contributed by atoms with Gasteiger partial charge in [0.05, 0.1) is 11.6 Å². The molecule has 0 unspecified atom stereocenters. The Hall–Kier alpha value is -1.67. The fourth-order valence-corrected chi connectivity index (χ4v) is 1.31. The number of nitrogens with zero attached hydrogens (tertiary/aromatic N) is 1. The van der Waals surface area contributed by atoms with E-state index in [1.165, 1.54) is 18.2 Å². The molecule has 0 aromatic heterocycles. The van der Waals surface area contributed by atoms with E-state index in [2.05, 4.69) is 15.9 Å². The molecular weight excluding hydrogens is 250 g/mol. The summed E-state index contributed by atoms with van der Waals surface area (Å²) in [6.45, 7) is 0. The van der Waals surface area contributed by atoms with Crippen molar-refractivity contribution in [3.8, 4) is 6.07 Å². The van der Waals surface area contributed by atoms with Crippen molar-refractivity contribution in [1.82, 2.24) is 0 Å². The van der Waals surface area contributed by atoms with Gasteiger partial charge in [-0.25, -0.2) is 4.79 Å². The highest BCUT2D eigenvalue weighted by atomic mass is 79.9. The molecule has 1 rings (SSSR count). The van der Waals surface area contributed by atoms with E-state index in [1.807, 2.05) is 6.07 Å². The van der Waals surface area contributed by atoms with Gasteiger partial charge in [-0.2, -0.15) is 5.26 Å². The number of ketones is 1. The molecule has 4 nitrogen and oxygen atoms in total. The molecule has 0 aliphatic rings. The molecule has 1 aromatic rings. The summed E-state index contributed by atoms with van der Waals surface area (Å²) in [5, 5.41) is 17.0. The maximum absolute atomic E-state index is 11.1. The topological polar surface area (TPSA) is 78.2 Å². The van der Waals surface area contributed by atoms with Crippen molar-refractivity contribution in [3.05, 3.63) is 33.8 Å². The second kappa shape index (κ2) is 4.03. The molecule has 0 atom stereocenters. The molecule has 0 heterocycles. The van der Waals surface area contributed by atoms with Crippen LogP contribution in [0.4, 0.5) is 0 Å². The summed E-state index contributed by atoms with van der Waals surface area (Å²) in [4.78, 5) is 21.5. The first-order valence-corrected chi connectivity index (χ1v) is 4.33. The average molecular weight is 254 g/mol. The molecule has 0 bridgehead atoms. The number of benzene rings is 1. The molecule has 70 valence electrons. The first kappa shape index (κ1) is 10.4. The minimum atomic E-state index is -1.54. The third kappa shape index (κ3) is 1.98. The Morgan fingerprint density at radius 3 is 2.57 bits per heavy atom. The molecule has 0 saturated heterocycles. The second-order valence-corrected chi connectivity index (χ2v) is 3.30. The summed E-state index contributed by atoms with van der Waals surface area (Å²) in [7, 11) is 0. The molecule has 0 fully saturated rings. The predicted molar refractivity (Wildman–Crippen MR) is 50.8 cm³/mol. The van der Waals surface area contributed by atoms with Crippen molar-refractivity contribution >= 4 is 27.7 Å². The SMILES string of the molecule is N#Cc1ccc(Br)c(C(=O)C(=O)O)c1. The van der Waals surface area contributed by atoms with E-state index >= 15 is 0 Å². The van der Waals surface area contributed by atoms with Gasteiger partial charge in [-0.05, 0) is 18.2 Å². The smallest absolute Gasteiger partial charge is 0.377 e. The van der Waals surface area contributed by atoms with Gasteiger partial charge >= 0.3 is 5.97 Å². The molecule has 0 aliphatic carbocycles. The van der Waals surface area contributed by atoms with Gasteiger partial charge in [0.2, 0.25) is 0 Å². The van der Waals surface area contributed by atoms with E-state index in [9.17, 15) is 9.59 Å². The second-order valence-electron chi connectivity index (χ2n) is 2.44. The Morgan fingerprint density at radius 2 is 2.07 bits per heavy atom.